The molecular formula is C14H13F3N4O3. The molecule has 1 unspecified atom stereocenters. The van der Waals surface area contributed by atoms with Gasteiger partial charge in [-0.25, -0.2) is 0 Å². The summed E-state index contributed by atoms with van der Waals surface area (Å²) in [6, 6.07) is 5.37. The van der Waals surface area contributed by atoms with E-state index in [9.17, 15) is 18.0 Å². The number of nitrogens with one attached hydrogen (secondary N) is 1. The molecule has 2 rings (SSSR count). The molecule has 0 aliphatic heterocycles. The highest BCUT2D eigenvalue weighted by molar-refractivity contribution is 5.96. The number of nitrogens with zero attached hydrogens (tertiary/aromatic N) is 3. The standard InChI is InChI=1S/C14H13F3N4O3/c1-8(7-18-23-2)19-12(22)10-5-3-9(4-6-10)11-20-13(24-21-11)14(15,16)17/h3-8H,1-2H3,(H,19,22). The number of alkyl halides is 3. The summed E-state index contributed by atoms with van der Waals surface area (Å²) in [4.78, 5) is 19.8. The highest BCUT2D eigenvalue weighted by Crippen LogP contribution is 2.29. The van der Waals surface area contributed by atoms with Crippen LogP contribution in [0.25, 0.3) is 11.4 Å². The van der Waals surface area contributed by atoms with Gasteiger partial charge in [-0.1, -0.05) is 22.4 Å². The number of amides is 1. The van der Waals surface area contributed by atoms with E-state index in [-0.39, 0.29) is 17.8 Å². The van der Waals surface area contributed by atoms with Crippen molar-refractivity contribution in [3.63, 3.8) is 0 Å². The minimum absolute atomic E-state index is 0.213. The second-order valence-corrected chi connectivity index (χ2v) is 4.70. The van der Waals surface area contributed by atoms with Crippen LogP contribution in [0.4, 0.5) is 13.2 Å². The van der Waals surface area contributed by atoms with Crippen LogP contribution in [-0.4, -0.2) is 35.4 Å². The fourth-order valence-electron chi connectivity index (χ4n) is 1.71. The van der Waals surface area contributed by atoms with Crippen LogP contribution in [0.2, 0.25) is 0 Å². The van der Waals surface area contributed by atoms with Crippen LogP contribution in [0.1, 0.15) is 23.2 Å². The monoisotopic (exact) mass is 342 g/mol. The molecule has 1 atom stereocenters. The lowest BCUT2D eigenvalue weighted by atomic mass is 10.1. The van der Waals surface area contributed by atoms with Crippen molar-refractivity contribution in [1.29, 1.82) is 0 Å². The molecule has 1 aromatic heterocycles. The van der Waals surface area contributed by atoms with Crippen LogP contribution in [0, 0.1) is 0 Å². The minimum Gasteiger partial charge on any atom is -0.399 e. The molecule has 128 valence electrons. The molecule has 7 nitrogen and oxygen atoms in total. The predicted molar refractivity (Wildman–Crippen MR) is 77.2 cm³/mol. The van der Waals surface area contributed by atoms with Gasteiger partial charge in [0.25, 0.3) is 5.91 Å². The van der Waals surface area contributed by atoms with E-state index in [0.29, 0.717) is 11.1 Å². The van der Waals surface area contributed by atoms with Crippen LogP contribution in [0.5, 0.6) is 0 Å². The normalized spacial score (nSPS) is 13.0. The maximum atomic E-state index is 12.4. The Labute approximate surface area is 134 Å². The predicted octanol–water partition coefficient (Wildman–Crippen LogP) is 2.51. The molecule has 0 saturated carbocycles. The van der Waals surface area contributed by atoms with Crippen molar-refractivity contribution in [3.8, 4) is 11.4 Å². The third-order valence-corrected chi connectivity index (χ3v) is 2.82. The number of benzene rings is 1. The first kappa shape index (κ1) is 17.4. The van der Waals surface area contributed by atoms with Crippen molar-refractivity contribution in [2.24, 2.45) is 5.16 Å². The summed E-state index contributed by atoms with van der Waals surface area (Å²) in [5.41, 5.74) is 0.607. The summed E-state index contributed by atoms with van der Waals surface area (Å²) in [5.74, 6) is -2.01. The van der Waals surface area contributed by atoms with Crippen molar-refractivity contribution in [3.05, 3.63) is 35.7 Å². The van der Waals surface area contributed by atoms with Crippen LogP contribution in [0.3, 0.4) is 0 Å². The zero-order valence-electron chi connectivity index (χ0n) is 12.7. The zero-order chi connectivity index (χ0) is 17.7. The lowest BCUT2D eigenvalue weighted by Gasteiger charge is -2.08. The molecule has 0 fully saturated rings. The van der Waals surface area contributed by atoms with E-state index in [1.54, 1.807) is 6.92 Å². The van der Waals surface area contributed by atoms with E-state index in [0.717, 1.165) is 0 Å². The third kappa shape index (κ3) is 4.31. The Morgan fingerprint density at radius 3 is 2.58 bits per heavy atom. The van der Waals surface area contributed by atoms with E-state index >= 15 is 0 Å². The first-order valence-corrected chi connectivity index (χ1v) is 6.70. The smallest absolute Gasteiger partial charge is 0.399 e. The molecular weight excluding hydrogens is 329 g/mol. The van der Waals surface area contributed by atoms with Gasteiger partial charge in [-0.15, -0.1) is 0 Å². The van der Waals surface area contributed by atoms with Gasteiger partial charge >= 0.3 is 12.1 Å². The summed E-state index contributed by atoms with van der Waals surface area (Å²) in [7, 11) is 1.38. The largest absolute Gasteiger partial charge is 0.471 e. The van der Waals surface area contributed by atoms with Gasteiger partial charge in [0.2, 0.25) is 5.82 Å². The Balaban J connectivity index is 2.09. The third-order valence-electron chi connectivity index (χ3n) is 2.82. The van der Waals surface area contributed by atoms with Crippen molar-refractivity contribution < 1.29 is 27.3 Å². The maximum Gasteiger partial charge on any atom is 0.471 e. The second kappa shape index (κ2) is 7.11. The number of hydrogen-bond donors (Lipinski definition) is 1. The van der Waals surface area contributed by atoms with E-state index in [2.05, 4.69) is 30.0 Å². The number of carbonyl (C=O) groups is 1. The summed E-state index contributed by atoms with van der Waals surface area (Å²) >= 11 is 0. The topological polar surface area (TPSA) is 89.6 Å². The molecule has 1 N–H and O–H groups in total. The van der Waals surface area contributed by atoms with Gasteiger partial charge in [0.1, 0.15) is 7.11 Å². The number of aromatic nitrogens is 2. The number of hydrogen-bond acceptors (Lipinski definition) is 6. The molecule has 0 spiro atoms. The molecule has 0 saturated heterocycles. The van der Waals surface area contributed by atoms with Gasteiger partial charge in [0.05, 0.1) is 12.3 Å². The van der Waals surface area contributed by atoms with Gasteiger partial charge in [-0.3, -0.25) is 4.79 Å². The minimum atomic E-state index is -4.70. The molecule has 0 radical (unpaired) electrons. The van der Waals surface area contributed by atoms with Crippen molar-refractivity contribution >= 4 is 12.1 Å². The van der Waals surface area contributed by atoms with Crippen molar-refractivity contribution in [2.45, 2.75) is 19.1 Å². The average molecular weight is 342 g/mol. The summed E-state index contributed by atoms with van der Waals surface area (Å²) in [6.45, 7) is 1.70. The van der Waals surface area contributed by atoms with Gasteiger partial charge in [-0.2, -0.15) is 18.2 Å². The van der Waals surface area contributed by atoms with Crippen LogP contribution in [-0.2, 0) is 11.0 Å². The molecule has 24 heavy (non-hydrogen) atoms. The molecule has 0 bridgehead atoms. The Bertz CT molecular complexity index is 726. The Morgan fingerprint density at radius 2 is 2.04 bits per heavy atom. The summed E-state index contributed by atoms with van der Waals surface area (Å²) < 4.78 is 41.4. The van der Waals surface area contributed by atoms with Gasteiger partial charge in [0.15, 0.2) is 0 Å². The van der Waals surface area contributed by atoms with Crippen molar-refractivity contribution in [1.82, 2.24) is 15.5 Å². The SMILES string of the molecule is CON=CC(C)NC(=O)c1ccc(-c2noc(C(F)(F)F)n2)cc1. The molecule has 1 heterocycles. The summed E-state index contributed by atoms with van der Waals surface area (Å²) in [5, 5.41) is 9.45. The maximum absolute atomic E-state index is 12.4. The van der Waals surface area contributed by atoms with E-state index < -0.39 is 12.1 Å². The quantitative estimate of drug-likeness (QED) is 0.666. The van der Waals surface area contributed by atoms with Crippen LogP contribution < -0.4 is 5.32 Å². The summed E-state index contributed by atoms with van der Waals surface area (Å²) in [6.07, 6.45) is -3.30. The van der Waals surface area contributed by atoms with E-state index in [1.807, 2.05) is 0 Å². The highest BCUT2D eigenvalue weighted by atomic mass is 19.4. The number of halogens is 3. The first-order valence-electron chi connectivity index (χ1n) is 6.70. The van der Waals surface area contributed by atoms with Gasteiger partial charge in [-0.05, 0) is 19.1 Å². The Kier molecular flexibility index (Phi) is 5.17. The molecule has 1 amide bonds. The van der Waals surface area contributed by atoms with Crippen LogP contribution in [0.15, 0.2) is 33.9 Å². The molecule has 0 aliphatic carbocycles. The Hall–Kier alpha value is -2.91. The molecule has 2 aromatic rings. The second-order valence-electron chi connectivity index (χ2n) is 4.70. The molecule has 10 heteroatoms. The number of oxime groups is 1. The fraction of sp³-hybridized carbons (Fsp3) is 0.286. The van der Waals surface area contributed by atoms with E-state index in [1.165, 1.54) is 37.6 Å². The lowest BCUT2D eigenvalue weighted by Crippen LogP contribution is -2.33. The average Bonchev–Trinajstić information content (AvgIpc) is 3.03. The van der Waals surface area contributed by atoms with Gasteiger partial charge < -0.3 is 14.7 Å². The van der Waals surface area contributed by atoms with Gasteiger partial charge in [0, 0.05) is 11.1 Å². The molecule has 0 aliphatic rings. The first-order chi connectivity index (χ1) is 11.3. The number of rotatable bonds is 5. The molecule has 1 aromatic carbocycles. The fourth-order valence-corrected chi connectivity index (χ4v) is 1.71. The van der Waals surface area contributed by atoms with E-state index in [4.69, 9.17) is 0 Å². The van der Waals surface area contributed by atoms with Crippen LogP contribution >= 0.6 is 0 Å². The lowest BCUT2D eigenvalue weighted by molar-refractivity contribution is -0.159. The van der Waals surface area contributed by atoms with Crippen molar-refractivity contribution in [2.75, 3.05) is 7.11 Å². The number of carbonyl (C=O) groups excluding carboxylic acids is 1. The highest BCUT2D eigenvalue weighted by Gasteiger charge is 2.38. The Morgan fingerprint density at radius 1 is 1.38 bits per heavy atom. The zero-order valence-corrected chi connectivity index (χ0v) is 12.7.